The van der Waals surface area contributed by atoms with Gasteiger partial charge in [-0.3, -0.25) is 10.2 Å². The van der Waals surface area contributed by atoms with E-state index in [0.29, 0.717) is 54.5 Å². The highest BCUT2D eigenvalue weighted by molar-refractivity contribution is 9.10. The number of nitrogens with one attached hydrogen (secondary N) is 2. The summed E-state index contributed by atoms with van der Waals surface area (Å²) in [5.41, 5.74) is 17.4. The Morgan fingerprint density at radius 3 is 2.49 bits per heavy atom. The maximum atomic E-state index is 14.3. The number of carbonyl (C=O) groups is 1. The Labute approximate surface area is 269 Å². The monoisotopic (exact) mass is 668 g/mol. The number of amides is 1. The average molecular weight is 670 g/mol. The van der Waals surface area contributed by atoms with Crippen LogP contribution in [0, 0.1) is 0 Å². The Morgan fingerprint density at radius 1 is 1.02 bits per heavy atom. The van der Waals surface area contributed by atoms with Crippen molar-refractivity contribution < 1.29 is 19.4 Å². The van der Waals surface area contributed by atoms with Crippen LogP contribution in [0.15, 0.2) is 118 Å². The summed E-state index contributed by atoms with van der Waals surface area (Å²) in [6, 6.07) is 31.9. The van der Waals surface area contributed by atoms with E-state index in [9.17, 15) is 10.3 Å². The number of rotatable bonds is 14. The molecule has 1 aliphatic rings. The van der Waals surface area contributed by atoms with Crippen LogP contribution in [-0.4, -0.2) is 42.2 Å². The van der Waals surface area contributed by atoms with Gasteiger partial charge in [0.15, 0.2) is 11.6 Å². The largest absolute Gasteiger partial charge is 0.494 e. The van der Waals surface area contributed by atoms with Crippen LogP contribution < -0.4 is 15.6 Å². The standard InChI is InChI=1S/C34H33BrN6O4/c35-28-15-11-24(12-16-28)19-20-37-40-33(43)34(23-27-9-4-5-10-30(27)39-41-36)31(25-7-2-1-3-8-25)45-32(38-34)26-13-17-29(18-14-26)44-22-6-21-42/h1-5,7-18,31,37,42H,6,19-23H2,(H,40,43)/t31-,34-/m0/s1. The summed E-state index contributed by atoms with van der Waals surface area (Å²) in [5, 5.41) is 12.9. The molecule has 0 unspecified atom stereocenters. The molecule has 2 atom stereocenters. The smallest absolute Gasteiger partial charge is 0.266 e. The van der Waals surface area contributed by atoms with Gasteiger partial charge in [0.2, 0.25) is 5.90 Å². The van der Waals surface area contributed by atoms with Crippen LogP contribution in [0.2, 0.25) is 0 Å². The number of ether oxygens (including phenoxy) is 2. The van der Waals surface area contributed by atoms with Gasteiger partial charge in [-0.1, -0.05) is 87.8 Å². The lowest BCUT2D eigenvalue weighted by molar-refractivity contribution is -0.130. The van der Waals surface area contributed by atoms with Crippen LogP contribution in [0.1, 0.15) is 34.8 Å². The van der Waals surface area contributed by atoms with Crippen molar-refractivity contribution in [2.75, 3.05) is 19.8 Å². The summed E-state index contributed by atoms with van der Waals surface area (Å²) in [6.07, 6.45) is 0.540. The third-order valence-corrected chi connectivity index (χ3v) is 7.92. The lowest BCUT2D eigenvalue weighted by Crippen LogP contribution is -2.54. The number of hydrazine groups is 1. The molecular formula is C34H33BrN6O4. The third kappa shape index (κ3) is 7.89. The quantitative estimate of drug-likeness (QED) is 0.0461. The van der Waals surface area contributed by atoms with Gasteiger partial charge in [-0.05, 0) is 65.0 Å². The zero-order valence-electron chi connectivity index (χ0n) is 24.5. The molecule has 0 bridgehead atoms. The molecule has 0 spiro atoms. The van der Waals surface area contributed by atoms with E-state index in [1.807, 2.05) is 78.9 Å². The maximum absolute atomic E-state index is 14.3. The molecular weight excluding hydrogens is 636 g/mol. The molecule has 1 aliphatic heterocycles. The fourth-order valence-corrected chi connectivity index (χ4v) is 5.38. The number of hydrogen-bond acceptors (Lipinski definition) is 7. The van der Waals surface area contributed by atoms with E-state index in [-0.39, 0.29) is 18.9 Å². The Bertz CT molecular complexity index is 1660. The molecule has 1 amide bonds. The first-order chi connectivity index (χ1) is 22.0. The number of hydrogen-bond donors (Lipinski definition) is 3. The predicted octanol–water partition coefficient (Wildman–Crippen LogP) is 6.52. The molecule has 0 saturated carbocycles. The average Bonchev–Trinajstić information content (AvgIpc) is 3.46. The summed E-state index contributed by atoms with van der Waals surface area (Å²) in [6.45, 7) is 0.936. The van der Waals surface area contributed by atoms with E-state index in [2.05, 4.69) is 36.8 Å². The van der Waals surface area contributed by atoms with Gasteiger partial charge in [0, 0.05) is 46.6 Å². The van der Waals surface area contributed by atoms with Crippen LogP contribution in [0.25, 0.3) is 10.4 Å². The Hall–Kier alpha value is -4.67. The van der Waals surface area contributed by atoms with Crippen molar-refractivity contribution in [3.8, 4) is 5.75 Å². The van der Waals surface area contributed by atoms with Crippen LogP contribution in [-0.2, 0) is 22.4 Å². The molecule has 10 nitrogen and oxygen atoms in total. The van der Waals surface area contributed by atoms with Gasteiger partial charge in [-0.2, -0.15) is 0 Å². The highest BCUT2D eigenvalue weighted by atomic mass is 79.9. The van der Waals surface area contributed by atoms with E-state index in [1.165, 1.54) is 0 Å². The Morgan fingerprint density at radius 2 is 1.76 bits per heavy atom. The molecule has 3 N–H and O–H groups in total. The van der Waals surface area contributed by atoms with Gasteiger partial charge in [0.05, 0.1) is 6.61 Å². The third-order valence-electron chi connectivity index (χ3n) is 7.39. The maximum Gasteiger partial charge on any atom is 0.266 e. The zero-order chi connectivity index (χ0) is 31.5. The van der Waals surface area contributed by atoms with Crippen LogP contribution >= 0.6 is 15.9 Å². The van der Waals surface area contributed by atoms with E-state index < -0.39 is 11.6 Å². The van der Waals surface area contributed by atoms with Crippen molar-refractivity contribution in [2.45, 2.75) is 30.9 Å². The van der Waals surface area contributed by atoms with E-state index in [0.717, 1.165) is 15.6 Å². The number of halogens is 1. The lowest BCUT2D eigenvalue weighted by Gasteiger charge is -2.31. The Balaban J connectivity index is 1.49. The summed E-state index contributed by atoms with van der Waals surface area (Å²) < 4.78 is 13.2. The van der Waals surface area contributed by atoms with Crippen LogP contribution in [0.3, 0.4) is 0 Å². The van der Waals surface area contributed by atoms with Crippen LogP contribution in [0.4, 0.5) is 5.69 Å². The summed E-state index contributed by atoms with van der Waals surface area (Å²) in [7, 11) is 0. The second kappa shape index (κ2) is 15.4. The van der Waals surface area contributed by atoms with Crippen molar-refractivity contribution in [3.63, 3.8) is 0 Å². The number of azide groups is 1. The number of nitrogens with zero attached hydrogens (tertiary/aromatic N) is 4. The van der Waals surface area contributed by atoms with Crippen molar-refractivity contribution in [1.29, 1.82) is 0 Å². The molecule has 11 heteroatoms. The second-order valence-corrected chi connectivity index (χ2v) is 11.4. The van der Waals surface area contributed by atoms with Crippen LogP contribution in [0.5, 0.6) is 5.75 Å². The normalized spacial score (nSPS) is 17.1. The fraction of sp³-hybridized carbons (Fsp3) is 0.235. The molecule has 5 rings (SSSR count). The van der Waals surface area contributed by atoms with Gasteiger partial charge in [-0.15, -0.1) is 0 Å². The molecule has 0 saturated heterocycles. The Kier molecular flexibility index (Phi) is 10.8. The second-order valence-electron chi connectivity index (χ2n) is 10.5. The van der Waals surface area contributed by atoms with Gasteiger partial charge in [-0.25, -0.2) is 10.4 Å². The van der Waals surface area contributed by atoms with Crippen molar-refractivity contribution in [2.24, 2.45) is 10.1 Å². The minimum atomic E-state index is -1.46. The molecule has 0 aliphatic carbocycles. The zero-order valence-corrected chi connectivity index (χ0v) is 26.1. The first-order valence-electron chi connectivity index (χ1n) is 14.6. The molecule has 0 radical (unpaired) electrons. The number of benzene rings is 4. The molecule has 0 fully saturated rings. The lowest BCUT2D eigenvalue weighted by atomic mass is 9.81. The van der Waals surface area contributed by atoms with Gasteiger partial charge >= 0.3 is 0 Å². The fourth-order valence-electron chi connectivity index (χ4n) is 5.12. The van der Waals surface area contributed by atoms with E-state index >= 15 is 0 Å². The summed E-state index contributed by atoms with van der Waals surface area (Å²) in [5.74, 6) is 0.562. The number of carbonyl (C=O) groups excluding carboxylic acids is 1. The van der Waals surface area contributed by atoms with Gasteiger partial charge in [0.1, 0.15) is 5.75 Å². The van der Waals surface area contributed by atoms with Crippen molar-refractivity contribution in [1.82, 2.24) is 10.9 Å². The van der Waals surface area contributed by atoms with E-state index in [4.69, 9.17) is 19.6 Å². The minimum absolute atomic E-state index is 0.0512. The van der Waals surface area contributed by atoms with Gasteiger partial charge in [0.25, 0.3) is 5.91 Å². The summed E-state index contributed by atoms with van der Waals surface area (Å²) >= 11 is 3.46. The molecule has 1 heterocycles. The van der Waals surface area contributed by atoms with Crippen molar-refractivity contribution in [3.05, 3.63) is 140 Å². The minimum Gasteiger partial charge on any atom is -0.494 e. The molecule has 45 heavy (non-hydrogen) atoms. The first kappa shape index (κ1) is 31.7. The molecule has 4 aromatic carbocycles. The first-order valence-corrected chi connectivity index (χ1v) is 15.4. The molecule has 230 valence electrons. The van der Waals surface area contributed by atoms with Gasteiger partial charge < -0.3 is 14.6 Å². The number of aliphatic hydroxyl groups excluding tert-OH is 1. The topological polar surface area (TPSA) is 141 Å². The number of aliphatic imine (C=N–C) groups is 1. The predicted molar refractivity (Wildman–Crippen MR) is 176 cm³/mol. The highest BCUT2D eigenvalue weighted by Crippen LogP contribution is 2.43. The SMILES string of the molecule is [N-]=[N+]=Nc1ccccc1C[C@]1(C(=O)NNCCc2ccc(Br)cc2)N=C(c2ccc(OCCCO)cc2)O[C@H]1c1ccccc1. The number of aliphatic hydroxyl groups is 1. The molecule has 4 aromatic rings. The molecule has 0 aromatic heterocycles. The van der Waals surface area contributed by atoms with E-state index in [1.54, 1.807) is 24.3 Å². The summed E-state index contributed by atoms with van der Waals surface area (Å²) in [4.78, 5) is 22.4. The van der Waals surface area contributed by atoms with Crippen molar-refractivity contribution >= 4 is 33.4 Å². The highest BCUT2D eigenvalue weighted by Gasteiger charge is 2.53.